The van der Waals surface area contributed by atoms with E-state index in [9.17, 15) is 14.4 Å². The topological polar surface area (TPSA) is 74.6 Å². The number of ether oxygens (including phenoxy) is 2. The predicted molar refractivity (Wildman–Crippen MR) is 96.6 cm³/mol. The summed E-state index contributed by atoms with van der Waals surface area (Å²) < 4.78 is 11.8. The van der Waals surface area contributed by atoms with Crippen LogP contribution in [0, 0.1) is 13.8 Å². The highest BCUT2D eigenvalue weighted by atomic mass is 16.5. The van der Waals surface area contributed by atoms with Crippen molar-refractivity contribution in [2.45, 2.75) is 33.7 Å². The van der Waals surface area contributed by atoms with Gasteiger partial charge < -0.3 is 14.0 Å². The van der Waals surface area contributed by atoms with E-state index < -0.39 is 11.9 Å². The van der Waals surface area contributed by atoms with Crippen LogP contribution in [-0.2, 0) is 16.0 Å². The van der Waals surface area contributed by atoms with Gasteiger partial charge in [-0.25, -0.2) is 9.59 Å². The van der Waals surface area contributed by atoms with E-state index in [1.54, 1.807) is 0 Å². The summed E-state index contributed by atoms with van der Waals surface area (Å²) in [6.45, 7) is 6.44. The van der Waals surface area contributed by atoms with Crippen LogP contribution in [-0.4, -0.2) is 36.0 Å². The summed E-state index contributed by atoms with van der Waals surface area (Å²) in [7, 11) is 1.29. The third-order valence-corrected chi connectivity index (χ3v) is 4.20. The van der Waals surface area contributed by atoms with Crippen LogP contribution in [0.3, 0.4) is 0 Å². The number of benzene rings is 1. The number of aromatic nitrogens is 1. The summed E-state index contributed by atoms with van der Waals surface area (Å²) in [5.41, 5.74) is 3.07. The Morgan fingerprint density at radius 1 is 1.00 bits per heavy atom. The molecule has 2 rings (SSSR count). The number of esters is 2. The van der Waals surface area contributed by atoms with Crippen molar-refractivity contribution in [3.8, 4) is 0 Å². The molecule has 1 aromatic heterocycles. The summed E-state index contributed by atoms with van der Waals surface area (Å²) >= 11 is 0. The van der Waals surface area contributed by atoms with Crippen LogP contribution in [0.2, 0.25) is 0 Å². The van der Waals surface area contributed by atoms with Gasteiger partial charge in [-0.05, 0) is 50.6 Å². The first kappa shape index (κ1) is 19.4. The molecule has 6 nitrogen and oxygen atoms in total. The average Bonchev–Trinajstić information content (AvgIpc) is 2.94. The van der Waals surface area contributed by atoms with Gasteiger partial charge in [-0.15, -0.1) is 0 Å². The van der Waals surface area contributed by atoms with Crippen molar-refractivity contribution in [1.82, 2.24) is 4.57 Å². The van der Waals surface area contributed by atoms with Crippen LogP contribution in [0.4, 0.5) is 0 Å². The highest BCUT2D eigenvalue weighted by Gasteiger charge is 2.18. The number of ketones is 1. The second kappa shape index (κ2) is 8.47. The monoisotopic (exact) mass is 357 g/mol. The SMILES string of the molecule is CCCn1c(C)cc(C(=O)COC(=O)c2ccc(C(=O)OC)cc2)c1C. The molecular weight excluding hydrogens is 334 g/mol. The van der Waals surface area contributed by atoms with E-state index >= 15 is 0 Å². The van der Waals surface area contributed by atoms with Crippen molar-refractivity contribution in [3.63, 3.8) is 0 Å². The number of carbonyl (C=O) groups is 3. The lowest BCUT2D eigenvalue weighted by atomic mass is 10.1. The zero-order chi connectivity index (χ0) is 19.3. The molecule has 0 spiro atoms. The van der Waals surface area contributed by atoms with Crippen LogP contribution < -0.4 is 0 Å². The molecule has 0 aliphatic rings. The van der Waals surface area contributed by atoms with E-state index in [0.717, 1.165) is 24.4 Å². The summed E-state index contributed by atoms with van der Waals surface area (Å²) in [6.07, 6.45) is 0.973. The third kappa shape index (κ3) is 4.20. The number of hydrogen-bond donors (Lipinski definition) is 0. The molecule has 26 heavy (non-hydrogen) atoms. The fraction of sp³-hybridized carbons (Fsp3) is 0.350. The van der Waals surface area contributed by atoms with Gasteiger partial charge in [0.05, 0.1) is 18.2 Å². The van der Waals surface area contributed by atoms with Gasteiger partial charge in [-0.1, -0.05) is 6.92 Å². The first-order valence-electron chi connectivity index (χ1n) is 8.44. The van der Waals surface area contributed by atoms with Crippen LogP contribution in [0.5, 0.6) is 0 Å². The number of Topliss-reactive ketones (excluding diaryl/α,β-unsaturated/α-hetero) is 1. The summed E-state index contributed by atoms with van der Waals surface area (Å²) in [4.78, 5) is 35.9. The molecule has 1 aromatic carbocycles. The summed E-state index contributed by atoms with van der Waals surface area (Å²) in [5.74, 6) is -1.33. The molecule has 6 heteroatoms. The van der Waals surface area contributed by atoms with E-state index in [1.807, 2.05) is 19.9 Å². The van der Waals surface area contributed by atoms with Crippen molar-refractivity contribution >= 4 is 17.7 Å². The Morgan fingerprint density at radius 2 is 1.58 bits per heavy atom. The number of aryl methyl sites for hydroxylation is 1. The molecule has 138 valence electrons. The average molecular weight is 357 g/mol. The van der Waals surface area contributed by atoms with Crippen molar-refractivity contribution in [2.24, 2.45) is 0 Å². The van der Waals surface area contributed by atoms with Gasteiger partial charge in [0, 0.05) is 23.5 Å². The molecule has 0 unspecified atom stereocenters. The third-order valence-electron chi connectivity index (χ3n) is 4.20. The number of nitrogens with zero attached hydrogens (tertiary/aromatic N) is 1. The van der Waals surface area contributed by atoms with Crippen molar-refractivity contribution in [2.75, 3.05) is 13.7 Å². The van der Waals surface area contributed by atoms with E-state index in [-0.39, 0.29) is 18.0 Å². The number of carbonyl (C=O) groups excluding carboxylic acids is 3. The van der Waals surface area contributed by atoms with E-state index in [1.165, 1.54) is 31.4 Å². The zero-order valence-corrected chi connectivity index (χ0v) is 15.5. The van der Waals surface area contributed by atoms with Gasteiger partial charge in [0.25, 0.3) is 0 Å². The zero-order valence-electron chi connectivity index (χ0n) is 15.5. The molecule has 0 fully saturated rings. The molecule has 1 heterocycles. The lowest BCUT2D eigenvalue weighted by Crippen LogP contribution is -2.15. The van der Waals surface area contributed by atoms with Gasteiger partial charge in [0.1, 0.15) is 0 Å². The second-order valence-corrected chi connectivity index (χ2v) is 6.00. The lowest BCUT2D eigenvalue weighted by Gasteiger charge is -2.08. The number of hydrogen-bond acceptors (Lipinski definition) is 5. The molecule has 0 N–H and O–H groups in total. The fourth-order valence-electron chi connectivity index (χ4n) is 2.80. The van der Waals surface area contributed by atoms with Gasteiger partial charge in [-0.2, -0.15) is 0 Å². The molecular formula is C20H23NO5. The smallest absolute Gasteiger partial charge is 0.338 e. The minimum Gasteiger partial charge on any atom is -0.465 e. The Kier molecular flexibility index (Phi) is 6.33. The molecule has 0 saturated heterocycles. The quantitative estimate of drug-likeness (QED) is 0.561. The maximum atomic E-state index is 12.4. The fourth-order valence-corrected chi connectivity index (χ4v) is 2.80. The lowest BCUT2D eigenvalue weighted by molar-refractivity contribution is 0.0474. The minimum absolute atomic E-state index is 0.236. The maximum Gasteiger partial charge on any atom is 0.338 e. The predicted octanol–water partition coefficient (Wildman–Crippen LogP) is 3.34. The molecule has 0 bridgehead atoms. The molecule has 0 aliphatic carbocycles. The Labute approximate surface area is 152 Å². The Balaban J connectivity index is 2.02. The Hall–Kier alpha value is -2.89. The van der Waals surface area contributed by atoms with Gasteiger partial charge in [-0.3, -0.25) is 4.79 Å². The Morgan fingerprint density at radius 3 is 2.12 bits per heavy atom. The van der Waals surface area contributed by atoms with E-state index in [2.05, 4.69) is 16.2 Å². The first-order valence-corrected chi connectivity index (χ1v) is 8.44. The Bertz CT molecular complexity index is 817. The van der Waals surface area contributed by atoms with Crippen LogP contribution in [0.1, 0.15) is 55.8 Å². The maximum absolute atomic E-state index is 12.4. The largest absolute Gasteiger partial charge is 0.465 e. The molecule has 0 atom stereocenters. The summed E-state index contributed by atoms with van der Waals surface area (Å²) in [5, 5.41) is 0. The molecule has 0 aliphatic heterocycles. The van der Waals surface area contributed by atoms with E-state index in [0.29, 0.717) is 11.1 Å². The van der Waals surface area contributed by atoms with Crippen LogP contribution in [0.25, 0.3) is 0 Å². The highest BCUT2D eigenvalue weighted by molar-refractivity contribution is 6.00. The standard InChI is InChI=1S/C20H23NO5/c1-5-10-21-13(2)11-17(14(21)3)18(22)12-26-20(24)16-8-6-15(7-9-16)19(23)25-4/h6-9,11H,5,10,12H2,1-4H3. The summed E-state index contributed by atoms with van der Waals surface area (Å²) in [6, 6.07) is 7.70. The van der Waals surface area contributed by atoms with E-state index in [4.69, 9.17) is 4.74 Å². The first-order chi connectivity index (χ1) is 12.4. The van der Waals surface area contributed by atoms with Crippen molar-refractivity contribution in [1.29, 1.82) is 0 Å². The number of methoxy groups -OCH3 is 1. The van der Waals surface area contributed by atoms with Crippen LogP contribution in [0.15, 0.2) is 30.3 Å². The minimum atomic E-state index is -0.614. The van der Waals surface area contributed by atoms with Gasteiger partial charge in [0.15, 0.2) is 6.61 Å². The normalized spacial score (nSPS) is 10.5. The number of rotatable bonds is 7. The molecule has 0 amide bonds. The van der Waals surface area contributed by atoms with Crippen molar-refractivity contribution < 1.29 is 23.9 Å². The van der Waals surface area contributed by atoms with Crippen molar-refractivity contribution in [3.05, 3.63) is 58.4 Å². The molecule has 0 saturated carbocycles. The second-order valence-electron chi connectivity index (χ2n) is 6.00. The van der Waals surface area contributed by atoms with Gasteiger partial charge >= 0.3 is 11.9 Å². The van der Waals surface area contributed by atoms with Crippen LogP contribution >= 0.6 is 0 Å². The molecule has 2 aromatic rings. The molecule has 0 radical (unpaired) electrons. The highest BCUT2D eigenvalue weighted by Crippen LogP contribution is 2.17. The van der Waals surface area contributed by atoms with Gasteiger partial charge in [0.2, 0.25) is 5.78 Å².